The van der Waals surface area contributed by atoms with Crippen LogP contribution in [0, 0.1) is 0 Å². The number of benzene rings is 2. The second-order valence-electron chi connectivity index (χ2n) is 3.94. The Morgan fingerprint density at radius 2 is 1.79 bits per heavy atom. The maximum atomic E-state index is 11.6. The molecule has 0 saturated carbocycles. The second-order valence-corrected chi connectivity index (χ2v) is 3.94. The van der Waals surface area contributed by atoms with Crippen molar-refractivity contribution >= 4 is 5.97 Å². The molecule has 0 spiro atoms. The van der Waals surface area contributed by atoms with E-state index in [1.807, 2.05) is 24.3 Å². The van der Waals surface area contributed by atoms with E-state index in [4.69, 9.17) is 15.2 Å². The number of ether oxygens (including phenoxy) is 2. The van der Waals surface area contributed by atoms with E-state index in [1.54, 1.807) is 24.3 Å². The largest absolute Gasteiger partial charge is 0.465 e. The average Bonchev–Trinajstić information content (AvgIpc) is 2.48. The average molecular weight is 257 g/mol. The summed E-state index contributed by atoms with van der Waals surface area (Å²) in [4.78, 5) is 11.6. The molecule has 0 aliphatic carbocycles. The highest BCUT2D eigenvalue weighted by Gasteiger charge is 2.12. The van der Waals surface area contributed by atoms with Gasteiger partial charge >= 0.3 is 5.97 Å². The lowest BCUT2D eigenvalue weighted by atomic mass is 10.2. The van der Waals surface area contributed by atoms with Gasteiger partial charge in [-0.3, -0.25) is 0 Å². The number of nitrogens with two attached hydrogens (primary N) is 1. The fourth-order valence-corrected chi connectivity index (χ4v) is 1.65. The van der Waals surface area contributed by atoms with Gasteiger partial charge in [0.15, 0.2) is 0 Å². The van der Waals surface area contributed by atoms with Gasteiger partial charge in [0, 0.05) is 6.54 Å². The zero-order chi connectivity index (χ0) is 13.7. The van der Waals surface area contributed by atoms with Crippen LogP contribution in [0.3, 0.4) is 0 Å². The number of hydrogen-bond donors (Lipinski definition) is 1. The summed E-state index contributed by atoms with van der Waals surface area (Å²) < 4.78 is 10.4. The summed E-state index contributed by atoms with van der Waals surface area (Å²) in [5.74, 6) is 0.692. The molecule has 2 aromatic carbocycles. The van der Waals surface area contributed by atoms with Crippen LogP contribution in [-0.2, 0) is 11.3 Å². The lowest BCUT2D eigenvalue weighted by Crippen LogP contribution is -2.03. The van der Waals surface area contributed by atoms with Crippen molar-refractivity contribution in [2.45, 2.75) is 6.54 Å². The van der Waals surface area contributed by atoms with Crippen molar-refractivity contribution in [1.29, 1.82) is 0 Å². The number of hydrogen-bond acceptors (Lipinski definition) is 4. The molecule has 2 aromatic rings. The molecule has 19 heavy (non-hydrogen) atoms. The van der Waals surface area contributed by atoms with Crippen molar-refractivity contribution < 1.29 is 14.3 Å². The van der Waals surface area contributed by atoms with Gasteiger partial charge in [-0.2, -0.15) is 0 Å². The highest BCUT2D eigenvalue weighted by atomic mass is 16.5. The molecule has 0 bridgehead atoms. The highest BCUT2D eigenvalue weighted by Crippen LogP contribution is 2.25. The van der Waals surface area contributed by atoms with Crippen molar-refractivity contribution in [2.24, 2.45) is 5.73 Å². The Morgan fingerprint density at radius 1 is 1.11 bits per heavy atom. The summed E-state index contributed by atoms with van der Waals surface area (Å²) in [7, 11) is 1.34. The molecule has 0 heterocycles. The fraction of sp³-hybridized carbons (Fsp3) is 0.133. The van der Waals surface area contributed by atoms with Gasteiger partial charge < -0.3 is 15.2 Å². The third-order valence-corrected chi connectivity index (χ3v) is 2.68. The van der Waals surface area contributed by atoms with Crippen molar-refractivity contribution in [3.8, 4) is 11.5 Å². The van der Waals surface area contributed by atoms with Gasteiger partial charge in [-0.1, -0.05) is 24.3 Å². The van der Waals surface area contributed by atoms with Crippen molar-refractivity contribution in [2.75, 3.05) is 7.11 Å². The molecule has 0 amide bonds. The van der Waals surface area contributed by atoms with Crippen molar-refractivity contribution in [3.63, 3.8) is 0 Å². The lowest BCUT2D eigenvalue weighted by molar-refractivity contribution is 0.0598. The molecule has 2 rings (SSSR count). The molecular formula is C15H15NO3. The molecule has 0 aromatic heterocycles. The van der Waals surface area contributed by atoms with Gasteiger partial charge in [0.1, 0.15) is 17.1 Å². The lowest BCUT2D eigenvalue weighted by Gasteiger charge is -2.10. The van der Waals surface area contributed by atoms with E-state index in [1.165, 1.54) is 7.11 Å². The van der Waals surface area contributed by atoms with Crippen LogP contribution in [0.4, 0.5) is 0 Å². The van der Waals surface area contributed by atoms with Crippen molar-refractivity contribution in [1.82, 2.24) is 0 Å². The summed E-state index contributed by atoms with van der Waals surface area (Å²) in [6.07, 6.45) is 0. The molecule has 4 nitrogen and oxygen atoms in total. The first kappa shape index (κ1) is 13.1. The highest BCUT2D eigenvalue weighted by molar-refractivity contribution is 5.92. The number of esters is 1. The molecule has 0 unspecified atom stereocenters. The van der Waals surface area contributed by atoms with Gasteiger partial charge in [-0.15, -0.1) is 0 Å². The topological polar surface area (TPSA) is 61.5 Å². The molecule has 98 valence electrons. The van der Waals surface area contributed by atoms with Crippen LogP contribution in [0.15, 0.2) is 48.5 Å². The van der Waals surface area contributed by atoms with Crippen LogP contribution in [0.5, 0.6) is 11.5 Å². The van der Waals surface area contributed by atoms with Crippen LogP contribution in [0.2, 0.25) is 0 Å². The van der Waals surface area contributed by atoms with Gasteiger partial charge in [0.2, 0.25) is 0 Å². The first-order chi connectivity index (χ1) is 9.24. The van der Waals surface area contributed by atoms with E-state index in [0.717, 1.165) is 5.56 Å². The number of carbonyl (C=O) groups excluding carboxylic acids is 1. The van der Waals surface area contributed by atoms with E-state index < -0.39 is 5.97 Å². The SMILES string of the molecule is COC(=O)c1ccccc1Oc1ccc(CN)cc1. The molecule has 4 heteroatoms. The monoisotopic (exact) mass is 257 g/mol. The number of methoxy groups -OCH3 is 1. The molecule has 0 fully saturated rings. The summed E-state index contributed by atoms with van der Waals surface area (Å²) in [5.41, 5.74) is 6.95. The molecule has 2 N–H and O–H groups in total. The molecule has 0 aliphatic heterocycles. The van der Waals surface area contributed by atoms with Crippen LogP contribution in [0.1, 0.15) is 15.9 Å². The van der Waals surface area contributed by atoms with Crippen LogP contribution >= 0.6 is 0 Å². The minimum Gasteiger partial charge on any atom is -0.465 e. The van der Waals surface area contributed by atoms with Crippen molar-refractivity contribution in [3.05, 3.63) is 59.7 Å². The third kappa shape index (κ3) is 3.11. The summed E-state index contributed by atoms with van der Waals surface area (Å²) in [5, 5.41) is 0. The molecule has 0 radical (unpaired) electrons. The maximum Gasteiger partial charge on any atom is 0.341 e. The van der Waals surface area contributed by atoms with E-state index in [2.05, 4.69) is 0 Å². The molecule has 0 saturated heterocycles. The maximum absolute atomic E-state index is 11.6. The first-order valence-corrected chi connectivity index (χ1v) is 5.89. The Hall–Kier alpha value is -2.33. The summed E-state index contributed by atoms with van der Waals surface area (Å²) in [6, 6.07) is 14.4. The van der Waals surface area contributed by atoms with Gasteiger partial charge in [-0.25, -0.2) is 4.79 Å². The fourth-order valence-electron chi connectivity index (χ4n) is 1.65. The van der Waals surface area contributed by atoms with Gasteiger partial charge in [-0.05, 0) is 29.8 Å². The first-order valence-electron chi connectivity index (χ1n) is 5.89. The zero-order valence-electron chi connectivity index (χ0n) is 10.6. The quantitative estimate of drug-likeness (QED) is 0.855. The van der Waals surface area contributed by atoms with Crippen LogP contribution in [-0.4, -0.2) is 13.1 Å². The summed E-state index contributed by atoms with van der Waals surface area (Å²) >= 11 is 0. The number of rotatable bonds is 4. The standard InChI is InChI=1S/C15H15NO3/c1-18-15(17)13-4-2-3-5-14(13)19-12-8-6-11(10-16)7-9-12/h2-9H,10,16H2,1H3. The Morgan fingerprint density at radius 3 is 2.42 bits per heavy atom. The Kier molecular flexibility index (Phi) is 4.15. The predicted molar refractivity (Wildman–Crippen MR) is 72.2 cm³/mol. The zero-order valence-corrected chi connectivity index (χ0v) is 10.6. The number of carbonyl (C=O) groups is 1. The summed E-state index contributed by atoms with van der Waals surface area (Å²) in [6.45, 7) is 0.485. The Labute approximate surface area is 111 Å². The minimum atomic E-state index is -0.422. The minimum absolute atomic E-state index is 0.396. The Balaban J connectivity index is 2.25. The van der Waals surface area contributed by atoms with E-state index in [9.17, 15) is 4.79 Å². The van der Waals surface area contributed by atoms with Crippen LogP contribution in [0.25, 0.3) is 0 Å². The van der Waals surface area contributed by atoms with E-state index in [-0.39, 0.29) is 0 Å². The molecule has 0 aliphatic rings. The molecule has 0 atom stereocenters. The third-order valence-electron chi connectivity index (χ3n) is 2.68. The van der Waals surface area contributed by atoms with E-state index in [0.29, 0.717) is 23.6 Å². The van der Waals surface area contributed by atoms with Crippen LogP contribution < -0.4 is 10.5 Å². The second kappa shape index (κ2) is 6.02. The predicted octanol–water partition coefficient (Wildman–Crippen LogP) is 2.72. The smallest absolute Gasteiger partial charge is 0.341 e. The Bertz CT molecular complexity index is 564. The molecular weight excluding hydrogens is 242 g/mol. The van der Waals surface area contributed by atoms with Gasteiger partial charge in [0.25, 0.3) is 0 Å². The van der Waals surface area contributed by atoms with E-state index >= 15 is 0 Å². The normalized spacial score (nSPS) is 10.0. The van der Waals surface area contributed by atoms with Gasteiger partial charge in [0.05, 0.1) is 7.11 Å². The number of para-hydroxylation sites is 1.